The zero-order valence-corrected chi connectivity index (χ0v) is 13.8. The summed E-state index contributed by atoms with van der Waals surface area (Å²) in [6.45, 7) is 3.68. The Bertz CT molecular complexity index is 591. The Balaban J connectivity index is 1.43. The highest BCUT2D eigenvalue weighted by molar-refractivity contribution is 5.91. The van der Waals surface area contributed by atoms with Crippen LogP contribution in [0.4, 0.5) is 0 Å². The Morgan fingerprint density at radius 3 is 2.88 bits per heavy atom. The van der Waals surface area contributed by atoms with E-state index in [1.807, 2.05) is 6.92 Å². The number of piperidine rings is 1. The maximum atomic E-state index is 12.0. The third-order valence-electron chi connectivity index (χ3n) is 4.41. The van der Waals surface area contributed by atoms with Gasteiger partial charge < -0.3 is 15.1 Å². The van der Waals surface area contributed by atoms with Gasteiger partial charge in [-0.3, -0.25) is 19.8 Å². The van der Waals surface area contributed by atoms with Crippen LogP contribution in [0.15, 0.2) is 28.9 Å². The van der Waals surface area contributed by atoms with E-state index < -0.39 is 0 Å². The average Bonchev–Trinajstić information content (AvgIpc) is 3.06. The van der Waals surface area contributed by atoms with Gasteiger partial charge in [0.1, 0.15) is 12.0 Å². The maximum Gasteiger partial charge on any atom is 0.244 e. The second kappa shape index (κ2) is 7.63. The molecule has 2 atom stereocenters. The number of hydrogen-bond acceptors (Lipinski definition) is 5. The molecule has 3 N–H and O–H groups in total. The van der Waals surface area contributed by atoms with Crippen molar-refractivity contribution < 1.29 is 14.0 Å². The molecule has 2 aliphatic rings. The van der Waals surface area contributed by atoms with Crippen molar-refractivity contribution in [3.63, 3.8) is 0 Å². The van der Waals surface area contributed by atoms with Crippen molar-refractivity contribution in [3.05, 3.63) is 30.2 Å². The van der Waals surface area contributed by atoms with E-state index in [0.29, 0.717) is 12.2 Å². The third-order valence-corrected chi connectivity index (χ3v) is 4.41. The molecule has 0 aliphatic carbocycles. The van der Waals surface area contributed by atoms with Crippen molar-refractivity contribution in [1.29, 1.82) is 0 Å². The van der Waals surface area contributed by atoms with Crippen LogP contribution in [0.1, 0.15) is 31.9 Å². The number of hydrogen-bond donors (Lipinski definition) is 3. The van der Waals surface area contributed by atoms with Gasteiger partial charge in [0.05, 0.1) is 6.26 Å². The van der Waals surface area contributed by atoms with E-state index in [4.69, 9.17) is 4.42 Å². The monoisotopic (exact) mass is 332 g/mol. The topological polar surface area (TPSA) is 86.6 Å². The Kier molecular flexibility index (Phi) is 5.32. The molecule has 24 heavy (non-hydrogen) atoms. The first-order chi connectivity index (χ1) is 11.6. The summed E-state index contributed by atoms with van der Waals surface area (Å²) in [6.07, 6.45) is 6.88. The van der Waals surface area contributed by atoms with Gasteiger partial charge >= 0.3 is 0 Å². The van der Waals surface area contributed by atoms with E-state index >= 15 is 0 Å². The van der Waals surface area contributed by atoms with Crippen molar-refractivity contribution in [1.82, 2.24) is 20.9 Å². The molecule has 2 fully saturated rings. The number of nitrogens with zero attached hydrogens (tertiary/aromatic N) is 1. The molecule has 1 aromatic rings. The van der Waals surface area contributed by atoms with Gasteiger partial charge in [-0.15, -0.1) is 0 Å². The maximum absolute atomic E-state index is 12.0. The Morgan fingerprint density at radius 2 is 2.21 bits per heavy atom. The van der Waals surface area contributed by atoms with E-state index in [2.05, 4.69) is 20.9 Å². The Morgan fingerprint density at radius 1 is 1.42 bits per heavy atom. The molecule has 2 unspecified atom stereocenters. The van der Waals surface area contributed by atoms with E-state index in [1.165, 1.54) is 6.08 Å². The molecule has 0 spiro atoms. The van der Waals surface area contributed by atoms with Crippen LogP contribution in [0, 0.1) is 0 Å². The van der Waals surface area contributed by atoms with Crippen LogP contribution in [-0.2, 0) is 9.59 Å². The van der Waals surface area contributed by atoms with Crippen molar-refractivity contribution in [2.24, 2.45) is 0 Å². The number of likely N-dealkylation sites (tertiary alicyclic amines) is 1. The molecule has 3 heterocycles. The van der Waals surface area contributed by atoms with Crippen LogP contribution in [-0.4, -0.2) is 48.2 Å². The molecule has 0 saturated carbocycles. The Hall–Kier alpha value is -2.12. The summed E-state index contributed by atoms with van der Waals surface area (Å²) in [7, 11) is 0. The van der Waals surface area contributed by atoms with Crippen LogP contribution in [0.5, 0.6) is 0 Å². The predicted molar refractivity (Wildman–Crippen MR) is 89.6 cm³/mol. The summed E-state index contributed by atoms with van der Waals surface area (Å²) in [5.74, 6) is 0.639. The van der Waals surface area contributed by atoms with Crippen LogP contribution in [0.2, 0.25) is 0 Å². The SMILES string of the molecule is CC1CC(=O)NC(N2CCC(NC(=O)/C=C/c3ccco3)CC2)N1. The number of amides is 2. The van der Waals surface area contributed by atoms with Crippen LogP contribution in [0.25, 0.3) is 6.08 Å². The predicted octanol–water partition coefficient (Wildman–Crippen LogP) is 0.655. The van der Waals surface area contributed by atoms with E-state index in [1.54, 1.807) is 24.5 Å². The van der Waals surface area contributed by atoms with Crippen LogP contribution >= 0.6 is 0 Å². The first kappa shape index (κ1) is 16.7. The molecule has 3 rings (SSSR count). The summed E-state index contributed by atoms with van der Waals surface area (Å²) < 4.78 is 5.16. The fourth-order valence-electron chi connectivity index (χ4n) is 3.15. The second-order valence-corrected chi connectivity index (χ2v) is 6.41. The van der Waals surface area contributed by atoms with Crippen molar-refractivity contribution in [2.75, 3.05) is 13.1 Å². The summed E-state index contributed by atoms with van der Waals surface area (Å²) in [5, 5.41) is 9.39. The average molecular weight is 332 g/mol. The summed E-state index contributed by atoms with van der Waals surface area (Å²) in [6, 6.07) is 3.93. The molecular weight excluding hydrogens is 308 g/mol. The number of nitrogens with one attached hydrogen (secondary N) is 3. The molecule has 0 radical (unpaired) electrons. The minimum Gasteiger partial charge on any atom is -0.465 e. The van der Waals surface area contributed by atoms with E-state index in [0.717, 1.165) is 25.9 Å². The molecule has 2 amide bonds. The van der Waals surface area contributed by atoms with E-state index in [9.17, 15) is 9.59 Å². The summed E-state index contributed by atoms with van der Waals surface area (Å²) >= 11 is 0. The summed E-state index contributed by atoms with van der Waals surface area (Å²) in [4.78, 5) is 25.8. The first-order valence-corrected chi connectivity index (χ1v) is 8.42. The molecule has 0 bridgehead atoms. The zero-order chi connectivity index (χ0) is 16.9. The molecule has 0 aromatic carbocycles. The highest BCUT2D eigenvalue weighted by atomic mass is 16.3. The third kappa shape index (κ3) is 4.46. The summed E-state index contributed by atoms with van der Waals surface area (Å²) in [5.41, 5.74) is 0. The minimum atomic E-state index is -0.109. The minimum absolute atomic E-state index is 0.0877. The highest BCUT2D eigenvalue weighted by Crippen LogP contribution is 2.14. The molecule has 2 aliphatic heterocycles. The normalized spacial score (nSPS) is 26.5. The van der Waals surface area contributed by atoms with Gasteiger partial charge in [-0.1, -0.05) is 0 Å². The first-order valence-electron chi connectivity index (χ1n) is 8.42. The van der Waals surface area contributed by atoms with Gasteiger partial charge in [0.15, 0.2) is 0 Å². The lowest BCUT2D eigenvalue weighted by atomic mass is 10.0. The van der Waals surface area contributed by atoms with Crippen molar-refractivity contribution >= 4 is 17.9 Å². The van der Waals surface area contributed by atoms with Gasteiger partial charge in [-0.2, -0.15) is 0 Å². The molecule has 2 saturated heterocycles. The number of carbonyl (C=O) groups is 2. The quantitative estimate of drug-likeness (QED) is 0.705. The standard InChI is InChI=1S/C17H24N4O3/c1-12-11-16(23)20-17(18-12)21-8-6-13(7-9-21)19-15(22)5-4-14-3-2-10-24-14/h2-5,10,12-13,17-18H,6-9,11H2,1H3,(H,19,22)(H,20,23)/b5-4+. The van der Waals surface area contributed by atoms with Crippen molar-refractivity contribution in [3.8, 4) is 0 Å². The number of furan rings is 1. The molecular formula is C17H24N4O3. The highest BCUT2D eigenvalue weighted by Gasteiger charge is 2.30. The van der Waals surface area contributed by atoms with Gasteiger partial charge in [-0.05, 0) is 38.0 Å². The fourth-order valence-corrected chi connectivity index (χ4v) is 3.15. The lowest BCUT2D eigenvalue weighted by Gasteiger charge is -2.41. The van der Waals surface area contributed by atoms with Gasteiger partial charge in [0.2, 0.25) is 11.8 Å². The molecule has 1 aromatic heterocycles. The number of rotatable bonds is 4. The smallest absolute Gasteiger partial charge is 0.244 e. The zero-order valence-electron chi connectivity index (χ0n) is 13.8. The lowest BCUT2D eigenvalue weighted by molar-refractivity contribution is -0.127. The van der Waals surface area contributed by atoms with Crippen LogP contribution < -0.4 is 16.0 Å². The van der Waals surface area contributed by atoms with Gasteiger partial charge in [0, 0.05) is 37.7 Å². The Labute approximate surface area is 141 Å². The molecule has 7 heteroatoms. The van der Waals surface area contributed by atoms with Crippen molar-refractivity contribution in [2.45, 2.75) is 44.6 Å². The largest absolute Gasteiger partial charge is 0.465 e. The second-order valence-electron chi connectivity index (χ2n) is 6.41. The molecule has 130 valence electrons. The van der Waals surface area contributed by atoms with Gasteiger partial charge in [-0.25, -0.2) is 0 Å². The van der Waals surface area contributed by atoms with E-state index in [-0.39, 0.29) is 30.2 Å². The van der Waals surface area contributed by atoms with Crippen LogP contribution in [0.3, 0.4) is 0 Å². The fraction of sp³-hybridized carbons (Fsp3) is 0.529. The van der Waals surface area contributed by atoms with Gasteiger partial charge in [0.25, 0.3) is 0 Å². The molecule has 7 nitrogen and oxygen atoms in total. The lowest BCUT2D eigenvalue weighted by Crippen LogP contribution is -2.65. The number of carbonyl (C=O) groups excluding carboxylic acids is 2.